The lowest BCUT2D eigenvalue weighted by Crippen LogP contribution is -2.48. The van der Waals surface area contributed by atoms with Crippen LogP contribution in [-0.4, -0.2) is 42.5 Å². The SMILES string of the molecule is CC(OC(=O)CCNC(=O)c1ccc(C(C)(C)C)cc1)C(=O)NC(=O)NC1CCCCC1. The Hall–Kier alpha value is -2.90. The van der Waals surface area contributed by atoms with Crippen LogP contribution in [0.15, 0.2) is 24.3 Å². The van der Waals surface area contributed by atoms with Gasteiger partial charge in [0, 0.05) is 18.2 Å². The van der Waals surface area contributed by atoms with Crippen molar-refractivity contribution in [3.63, 3.8) is 0 Å². The fraction of sp³-hybridized carbons (Fsp3) is 0.583. The summed E-state index contributed by atoms with van der Waals surface area (Å²) in [7, 11) is 0. The number of rotatable bonds is 7. The zero-order chi connectivity index (χ0) is 23.7. The number of hydrogen-bond acceptors (Lipinski definition) is 5. The fourth-order valence-corrected chi connectivity index (χ4v) is 3.49. The van der Waals surface area contributed by atoms with Crippen LogP contribution in [0.3, 0.4) is 0 Å². The van der Waals surface area contributed by atoms with Crippen LogP contribution in [-0.2, 0) is 19.7 Å². The molecule has 1 unspecified atom stereocenters. The molecule has 1 aliphatic rings. The van der Waals surface area contributed by atoms with Gasteiger partial charge >= 0.3 is 12.0 Å². The predicted octanol–water partition coefficient (Wildman–Crippen LogP) is 3.19. The first-order valence-electron chi connectivity index (χ1n) is 11.3. The quantitative estimate of drug-likeness (QED) is 0.558. The molecule has 1 aliphatic carbocycles. The first-order chi connectivity index (χ1) is 15.1. The molecule has 0 saturated heterocycles. The van der Waals surface area contributed by atoms with E-state index >= 15 is 0 Å². The van der Waals surface area contributed by atoms with Crippen LogP contribution in [0.25, 0.3) is 0 Å². The molecule has 0 spiro atoms. The van der Waals surface area contributed by atoms with Gasteiger partial charge in [0.1, 0.15) is 0 Å². The van der Waals surface area contributed by atoms with Crippen LogP contribution in [0.5, 0.6) is 0 Å². The first-order valence-corrected chi connectivity index (χ1v) is 11.3. The van der Waals surface area contributed by atoms with E-state index in [4.69, 9.17) is 4.74 Å². The van der Waals surface area contributed by atoms with E-state index in [0.29, 0.717) is 5.56 Å². The average molecular weight is 446 g/mol. The van der Waals surface area contributed by atoms with Crippen molar-refractivity contribution in [2.24, 2.45) is 0 Å². The number of hydrogen-bond donors (Lipinski definition) is 3. The molecule has 1 aromatic carbocycles. The lowest BCUT2D eigenvalue weighted by Gasteiger charge is -2.23. The molecule has 2 rings (SSSR count). The van der Waals surface area contributed by atoms with Gasteiger partial charge in [-0.05, 0) is 42.9 Å². The second-order valence-corrected chi connectivity index (χ2v) is 9.26. The Morgan fingerprint density at radius 3 is 2.25 bits per heavy atom. The molecule has 1 atom stereocenters. The Balaban J connectivity index is 1.68. The summed E-state index contributed by atoms with van der Waals surface area (Å²) in [6.45, 7) is 7.76. The normalized spacial score (nSPS) is 15.4. The highest BCUT2D eigenvalue weighted by atomic mass is 16.5. The second-order valence-electron chi connectivity index (χ2n) is 9.26. The molecule has 0 aromatic heterocycles. The Morgan fingerprint density at radius 1 is 1.03 bits per heavy atom. The lowest BCUT2D eigenvalue weighted by molar-refractivity contribution is -0.154. The molecule has 1 fully saturated rings. The molecule has 1 aromatic rings. The maximum absolute atomic E-state index is 12.2. The van der Waals surface area contributed by atoms with Gasteiger partial charge in [-0.1, -0.05) is 52.2 Å². The van der Waals surface area contributed by atoms with Gasteiger partial charge in [0.15, 0.2) is 6.10 Å². The van der Waals surface area contributed by atoms with E-state index in [-0.39, 0.29) is 30.3 Å². The molecule has 176 valence electrons. The summed E-state index contributed by atoms with van der Waals surface area (Å²) in [6.07, 6.45) is 3.89. The minimum atomic E-state index is -1.11. The molecule has 32 heavy (non-hydrogen) atoms. The third-order valence-corrected chi connectivity index (χ3v) is 5.48. The van der Waals surface area contributed by atoms with E-state index in [1.807, 2.05) is 12.1 Å². The van der Waals surface area contributed by atoms with E-state index in [9.17, 15) is 19.2 Å². The first kappa shape index (κ1) is 25.4. The van der Waals surface area contributed by atoms with Crippen molar-refractivity contribution >= 4 is 23.8 Å². The maximum Gasteiger partial charge on any atom is 0.321 e. The topological polar surface area (TPSA) is 114 Å². The molecule has 8 heteroatoms. The van der Waals surface area contributed by atoms with Crippen molar-refractivity contribution in [2.75, 3.05) is 6.54 Å². The third kappa shape index (κ3) is 8.32. The molecule has 8 nitrogen and oxygen atoms in total. The van der Waals surface area contributed by atoms with Gasteiger partial charge < -0.3 is 15.4 Å². The summed E-state index contributed by atoms with van der Waals surface area (Å²) in [4.78, 5) is 48.2. The number of amides is 4. The average Bonchev–Trinajstić information content (AvgIpc) is 2.73. The van der Waals surface area contributed by atoms with E-state index in [2.05, 4.69) is 36.7 Å². The Labute approximate surface area is 189 Å². The molecule has 1 saturated carbocycles. The standard InChI is InChI=1S/C24H35N3O5/c1-16(21(29)27-23(31)26-19-8-6-5-7-9-19)32-20(28)14-15-25-22(30)17-10-12-18(13-11-17)24(2,3)4/h10-13,16,19H,5-9,14-15H2,1-4H3,(H,25,30)(H2,26,27,29,31). The molecule has 0 radical (unpaired) electrons. The van der Waals surface area contributed by atoms with E-state index in [0.717, 1.165) is 37.7 Å². The van der Waals surface area contributed by atoms with Crippen LogP contribution in [0, 0.1) is 0 Å². The summed E-state index contributed by atoms with van der Waals surface area (Å²) in [5.74, 6) is -1.61. The summed E-state index contributed by atoms with van der Waals surface area (Å²) in [5.41, 5.74) is 1.62. The smallest absolute Gasteiger partial charge is 0.321 e. The van der Waals surface area contributed by atoms with Crippen LogP contribution < -0.4 is 16.0 Å². The highest BCUT2D eigenvalue weighted by Gasteiger charge is 2.22. The zero-order valence-electron chi connectivity index (χ0n) is 19.5. The fourth-order valence-electron chi connectivity index (χ4n) is 3.49. The van der Waals surface area contributed by atoms with Crippen molar-refractivity contribution in [1.82, 2.24) is 16.0 Å². The lowest BCUT2D eigenvalue weighted by atomic mass is 9.87. The minimum absolute atomic E-state index is 0.00169. The number of imide groups is 1. The van der Waals surface area contributed by atoms with Crippen molar-refractivity contribution in [2.45, 2.75) is 83.8 Å². The van der Waals surface area contributed by atoms with Crippen LogP contribution in [0.4, 0.5) is 4.79 Å². The number of carbonyl (C=O) groups is 4. The summed E-state index contributed by atoms with van der Waals surface area (Å²) in [5, 5.41) is 7.64. The third-order valence-electron chi connectivity index (χ3n) is 5.48. The van der Waals surface area contributed by atoms with Crippen molar-refractivity contribution in [3.05, 3.63) is 35.4 Å². The number of ether oxygens (including phenoxy) is 1. The van der Waals surface area contributed by atoms with Crippen molar-refractivity contribution in [3.8, 4) is 0 Å². The van der Waals surface area contributed by atoms with Gasteiger partial charge in [0.25, 0.3) is 11.8 Å². The number of nitrogens with one attached hydrogen (secondary N) is 3. The van der Waals surface area contributed by atoms with Gasteiger partial charge in [-0.3, -0.25) is 19.7 Å². The Bertz CT molecular complexity index is 808. The Kier molecular flexibility index (Phi) is 9.23. The van der Waals surface area contributed by atoms with Gasteiger partial charge in [0.05, 0.1) is 6.42 Å². The van der Waals surface area contributed by atoms with Gasteiger partial charge in [0.2, 0.25) is 0 Å². The van der Waals surface area contributed by atoms with Crippen LogP contribution >= 0.6 is 0 Å². The van der Waals surface area contributed by atoms with Gasteiger partial charge in [-0.15, -0.1) is 0 Å². The molecule has 0 aliphatic heterocycles. The molecular weight excluding hydrogens is 410 g/mol. The van der Waals surface area contributed by atoms with Crippen molar-refractivity contribution in [1.29, 1.82) is 0 Å². The molecule has 4 amide bonds. The summed E-state index contributed by atoms with van der Waals surface area (Å²) >= 11 is 0. The molecule has 3 N–H and O–H groups in total. The Morgan fingerprint density at radius 2 is 1.66 bits per heavy atom. The highest BCUT2D eigenvalue weighted by Crippen LogP contribution is 2.22. The van der Waals surface area contributed by atoms with Gasteiger partial charge in [-0.25, -0.2) is 4.79 Å². The summed E-state index contributed by atoms with van der Waals surface area (Å²) < 4.78 is 5.06. The maximum atomic E-state index is 12.2. The largest absolute Gasteiger partial charge is 0.452 e. The second kappa shape index (κ2) is 11.6. The molecular formula is C24H35N3O5. The molecule has 0 bridgehead atoms. The van der Waals surface area contributed by atoms with E-state index in [1.54, 1.807) is 12.1 Å². The summed E-state index contributed by atoms with van der Waals surface area (Å²) in [6, 6.07) is 6.82. The van der Waals surface area contributed by atoms with E-state index < -0.39 is 24.0 Å². The van der Waals surface area contributed by atoms with E-state index in [1.165, 1.54) is 6.92 Å². The predicted molar refractivity (Wildman–Crippen MR) is 121 cm³/mol. The number of carbonyl (C=O) groups excluding carboxylic acids is 4. The van der Waals surface area contributed by atoms with Crippen LogP contribution in [0.2, 0.25) is 0 Å². The van der Waals surface area contributed by atoms with Crippen molar-refractivity contribution < 1.29 is 23.9 Å². The highest BCUT2D eigenvalue weighted by molar-refractivity contribution is 5.97. The number of benzene rings is 1. The molecule has 0 heterocycles. The van der Waals surface area contributed by atoms with Gasteiger partial charge in [-0.2, -0.15) is 0 Å². The minimum Gasteiger partial charge on any atom is -0.452 e. The number of esters is 1. The van der Waals surface area contributed by atoms with Crippen LogP contribution in [0.1, 0.15) is 82.1 Å². The zero-order valence-corrected chi connectivity index (χ0v) is 19.5. The number of urea groups is 1. The monoisotopic (exact) mass is 445 g/mol.